The Morgan fingerprint density at radius 3 is 2.85 bits per heavy atom. The highest BCUT2D eigenvalue weighted by molar-refractivity contribution is 14.1. The van der Waals surface area contributed by atoms with Crippen molar-refractivity contribution < 1.29 is 13.9 Å². The second kappa shape index (κ2) is 8.04. The monoisotopic (exact) mass is 472 g/mol. The van der Waals surface area contributed by atoms with E-state index in [0.29, 0.717) is 27.1 Å². The Balaban J connectivity index is 2.15. The third-order valence-electron chi connectivity index (χ3n) is 4.93. The Hall–Kier alpha value is -1.48. The molecule has 3 rings (SSSR count). The molecule has 7 heteroatoms. The lowest BCUT2D eigenvalue weighted by molar-refractivity contribution is 0.0524. The number of pyridine rings is 1. The van der Waals surface area contributed by atoms with E-state index in [1.165, 1.54) is 18.3 Å². The van der Waals surface area contributed by atoms with Gasteiger partial charge < -0.3 is 9.30 Å². The summed E-state index contributed by atoms with van der Waals surface area (Å²) in [6, 6.07) is 3.21. The van der Waals surface area contributed by atoms with E-state index >= 15 is 0 Å². The molecule has 0 amide bonds. The first-order chi connectivity index (χ1) is 12.5. The normalized spacial score (nSPS) is 17.8. The van der Waals surface area contributed by atoms with E-state index in [-0.39, 0.29) is 18.0 Å². The number of halogens is 2. The maximum atomic E-state index is 14.2. The Kier molecular flexibility index (Phi) is 5.96. The standard InChI is InChI=1S/C19H22FIN2O3/c1-3-22-7-5-6-12(22)10-23-11-14(19(25)26-4-2)18(24)13-8-16(21)15(20)9-17(13)23/h8-9,11-12H,3-7,10H2,1-2H3/t12-/m0/s1. The maximum absolute atomic E-state index is 14.2. The van der Waals surface area contributed by atoms with E-state index in [1.807, 2.05) is 27.2 Å². The quantitative estimate of drug-likeness (QED) is 0.495. The minimum atomic E-state index is -0.633. The summed E-state index contributed by atoms with van der Waals surface area (Å²) in [7, 11) is 0. The first-order valence-electron chi connectivity index (χ1n) is 8.89. The van der Waals surface area contributed by atoms with Gasteiger partial charge in [0.2, 0.25) is 5.43 Å². The third kappa shape index (κ3) is 3.64. The summed E-state index contributed by atoms with van der Waals surface area (Å²) >= 11 is 1.86. The minimum Gasteiger partial charge on any atom is -0.462 e. The summed E-state index contributed by atoms with van der Waals surface area (Å²) in [5, 5.41) is 0.349. The van der Waals surface area contributed by atoms with Crippen LogP contribution in [0.4, 0.5) is 4.39 Å². The Bertz CT molecular complexity index is 896. The zero-order valence-corrected chi connectivity index (χ0v) is 17.1. The molecule has 0 bridgehead atoms. The van der Waals surface area contributed by atoms with Gasteiger partial charge in [0.25, 0.3) is 0 Å². The summed E-state index contributed by atoms with van der Waals surface area (Å²) in [5.41, 5.74) is 0.109. The fourth-order valence-corrected chi connectivity index (χ4v) is 4.10. The van der Waals surface area contributed by atoms with Gasteiger partial charge in [0.1, 0.15) is 11.4 Å². The molecule has 0 N–H and O–H groups in total. The first-order valence-corrected chi connectivity index (χ1v) is 9.97. The van der Waals surface area contributed by atoms with Gasteiger partial charge in [-0.15, -0.1) is 0 Å². The number of likely N-dealkylation sites (N-methyl/N-ethyl adjacent to an activating group) is 1. The predicted molar refractivity (Wildman–Crippen MR) is 107 cm³/mol. The summed E-state index contributed by atoms with van der Waals surface area (Å²) in [5.74, 6) is -1.000. The number of carbonyl (C=O) groups is 1. The van der Waals surface area contributed by atoms with Crippen molar-refractivity contribution in [2.45, 2.75) is 39.3 Å². The molecule has 0 aliphatic carbocycles. The molecule has 2 aromatic rings. The summed E-state index contributed by atoms with van der Waals surface area (Å²) in [6.07, 6.45) is 3.69. The molecule has 1 aromatic heterocycles. The smallest absolute Gasteiger partial charge is 0.343 e. The number of nitrogens with zero attached hydrogens (tertiary/aromatic N) is 2. The van der Waals surface area contributed by atoms with Crippen LogP contribution >= 0.6 is 22.6 Å². The fourth-order valence-electron chi connectivity index (χ4n) is 3.64. The van der Waals surface area contributed by atoms with Crippen molar-refractivity contribution in [1.29, 1.82) is 0 Å². The van der Waals surface area contributed by atoms with Crippen LogP contribution in [-0.2, 0) is 11.3 Å². The van der Waals surface area contributed by atoms with Gasteiger partial charge in [0.15, 0.2) is 0 Å². The highest BCUT2D eigenvalue weighted by atomic mass is 127. The van der Waals surface area contributed by atoms with E-state index < -0.39 is 11.4 Å². The van der Waals surface area contributed by atoms with Crippen LogP contribution in [0.25, 0.3) is 10.9 Å². The van der Waals surface area contributed by atoms with Crippen LogP contribution in [0.2, 0.25) is 0 Å². The van der Waals surface area contributed by atoms with Crippen molar-refractivity contribution in [2.75, 3.05) is 19.7 Å². The molecule has 1 aliphatic heterocycles. The van der Waals surface area contributed by atoms with Crippen molar-refractivity contribution in [3.8, 4) is 0 Å². The number of ether oxygens (including phenoxy) is 1. The van der Waals surface area contributed by atoms with Gasteiger partial charge in [-0.2, -0.15) is 0 Å². The predicted octanol–water partition coefficient (Wildman–Crippen LogP) is 3.41. The molecular formula is C19H22FIN2O3. The van der Waals surface area contributed by atoms with Crippen LogP contribution in [-0.4, -0.2) is 41.2 Å². The van der Waals surface area contributed by atoms with Crippen molar-refractivity contribution in [2.24, 2.45) is 0 Å². The molecule has 5 nitrogen and oxygen atoms in total. The van der Waals surface area contributed by atoms with Crippen LogP contribution in [0, 0.1) is 9.39 Å². The molecule has 140 valence electrons. The summed E-state index contributed by atoms with van der Waals surface area (Å²) in [6.45, 7) is 6.61. The molecule has 1 fully saturated rings. The Labute approximate surface area is 165 Å². The summed E-state index contributed by atoms with van der Waals surface area (Å²) in [4.78, 5) is 27.4. The number of hydrogen-bond donors (Lipinski definition) is 0. The molecule has 0 saturated carbocycles. The average Bonchev–Trinajstić information content (AvgIpc) is 3.06. The Morgan fingerprint density at radius 2 is 2.15 bits per heavy atom. The molecule has 1 aliphatic rings. The lowest BCUT2D eigenvalue weighted by Gasteiger charge is -2.25. The van der Waals surface area contributed by atoms with Crippen molar-refractivity contribution in [3.63, 3.8) is 0 Å². The number of carbonyl (C=O) groups excluding carboxylic acids is 1. The van der Waals surface area contributed by atoms with E-state index in [0.717, 1.165) is 25.9 Å². The fraction of sp³-hybridized carbons (Fsp3) is 0.474. The van der Waals surface area contributed by atoms with Crippen LogP contribution in [0.5, 0.6) is 0 Å². The number of rotatable bonds is 5. The van der Waals surface area contributed by atoms with Gasteiger partial charge in [0.05, 0.1) is 12.1 Å². The van der Waals surface area contributed by atoms with E-state index in [2.05, 4.69) is 11.8 Å². The highest BCUT2D eigenvalue weighted by Crippen LogP contribution is 2.23. The van der Waals surface area contributed by atoms with E-state index in [4.69, 9.17) is 4.74 Å². The van der Waals surface area contributed by atoms with Gasteiger partial charge >= 0.3 is 5.97 Å². The molecule has 1 saturated heterocycles. The molecule has 2 heterocycles. The SMILES string of the molecule is CCOC(=O)c1cn(C[C@@H]2CCCN2CC)c2cc(F)c(I)cc2c1=O. The number of esters is 1. The third-order valence-corrected chi connectivity index (χ3v) is 5.76. The number of benzene rings is 1. The maximum Gasteiger partial charge on any atom is 0.343 e. The van der Waals surface area contributed by atoms with Crippen molar-refractivity contribution in [3.05, 3.63) is 43.5 Å². The second-order valence-electron chi connectivity index (χ2n) is 6.45. The van der Waals surface area contributed by atoms with Gasteiger partial charge in [-0.1, -0.05) is 6.92 Å². The molecule has 0 radical (unpaired) electrons. The number of likely N-dealkylation sites (tertiary alicyclic amines) is 1. The number of fused-ring (bicyclic) bond motifs is 1. The largest absolute Gasteiger partial charge is 0.462 e. The lowest BCUT2D eigenvalue weighted by atomic mass is 10.1. The zero-order valence-electron chi connectivity index (χ0n) is 14.9. The molecular weight excluding hydrogens is 450 g/mol. The topological polar surface area (TPSA) is 51.5 Å². The second-order valence-corrected chi connectivity index (χ2v) is 7.62. The van der Waals surface area contributed by atoms with Crippen LogP contribution in [0.1, 0.15) is 37.0 Å². The zero-order chi connectivity index (χ0) is 18.8. The van der Waals surface area contributed by atoms with Crippen molar-refractivity contribution >= 4 is 39.5 Å². The molecule has 1 aromatic carbocycles. The molecule has 0 unspecified atom stereocenters. The highest BCUT2D eigenvalue weighted by Gasteiger charge is 2.25. The molecule has 1 atom stereocenters. The van der Waals surface area contributed by atoms with E-state index in [1.54, 1.807) is 6.92 Å². The number of aromatic nitrogens is 1. The lowest BCUT2D eigenvalue weighted by Crippen LogP contribution is -2.33. The van der Waals surface area contributed by atoms with Gasteiger partial charge in [-0.05, 0) is 67.6 Å². The molecule has 26 heavy (non-hydrogen) atoms. The average molecular weight is 472 g/mol. The van der Waals surface area contributed by atoms with Gasteiger partial charge in [-0.25, -0.2) is 9.18 Å². The van der Waals surface area contributed by atoms with Crippen molar-refractivity contribution in [1.82, 2.24) is 9.47 Å². The van der Waals surface area contributed by atoms with Gasteiger partial charge in [-0.3, -0.25) is 9.69 Å². The summed E-state index contributed by atoms with van der Waals surface area (Å²) < 4.78 is 21.4. The number of hydrogen-bond acceptors (Lipinski definition) is 4. The van der Waals surface area contributed by atoms with Crippen LogP contribution in [0.3, 0.4) is 0 Å². The first kappa shape index (κ1) is 19.3. The van der Waals surface area contributed by atoms with Gasteiger partial charge in [0, 0.05) is 27.7 Å². The molecule has 0 spiro atoms. The van der Waals surface area contributed by atoms with Crippen LogP contribution in [0.15, 0.2) is 23.1 Å². The van der Waals surface area contributed by atoms with E-state index in [9.17, 15) is 14.0 Å². The van der Waals surface area contributed by atoms with Crippen LogP contribution < -0.4 is 5.43 Å². The Morgan fingerprint density at radius 1 is 1.38 bits per heavy atom. The minimum absolute atomic E-state index is 0.00260.